The number of fused-ring (bicyclic) bond motifs is 1. The molecule has 0 saturated carbocycles. The second-order valence-corrected chi connectivity index (χ2v) is 14.9. The summed E-state index contributed by atoms with van der Waals surface area (Å²) in [4.78, 5) is 13.0. The maximum absolute atomic E-state index is 11.6. The number of ether oxygens (including phenoxy) is 6. The summed E-state index contributed by atoms with van der Waals surface area (Å²) >= 11 is 1.96. The Kier molecular flexibility index (Phi) is 18.5. The van der Waals surface area contributed by atoms with Gasteiger partial charge in [0.25, 0.3) is 0 Å². The van der Waals surface area contributed by atoms with Crippen molar-refractivity contribution in [1.82, 2.24) is 5.32 Å². The van der Waals surface area contributed by atoms with E-state index in [1.807, 2.05) is 11.8 Å². The van der Waals surface area contributed by atoms with E-state index in [-0.39, 0.29) is 24.2 Å². The van der Waals surface area contributed by atoms with Crippen LogP contribution in [0.4, 0.5) is 0 Å². The number of amides is 1. The topological polar surface area (TPSA) is 84.5 Å². The number of carbonyl (C=O) groups excluding carboxylic acids is 1. The van der Waals surface area contributed by atoms with Gasteiger partial charge in [-0.2, -0.15) is 0 Å². The standard InChI is InChI=1S/C41H63NO7S/c1-6-10-21-44-29-36-39(46-22-11-7-2)41(48-24-13-9-4)40(47-23-12-8-3)38(49-36)34-27-31(18-19-35(34)45-25-20-42-30(5)43)26-33-28-32-16-14-15-17-37(32)50-33/h14-19,27,33,36,38-41H,6-13,20-26,28-29H2,1-5H3,(H,42,43)/t33?,36-,38?,39-,40+,41?/m1/s1. The lowest BCUT2D eigenvalue weighted by Gasteiger charge is -2.46. The highest BCUT2D eigenvalue weighted by Gasteiger charge is 2.49. The van der Waals surface area contributed by atoms with Gasteiger partial charge >= 0.3 is 0 Å². The molecule has 280 valence electrons. The van der Waals surface area contributed by atoms with Crippen LogP contribution < -0.4 is 10.1 Å². The van der Waals surface area contributed by atoms with Crippen LogP contribution in [-0.4, -0.2) is 81.8 Å². The number of rotatable bonds is 24. The van der Waals surface area contributed by atoms with Gasteiger partial charge in [-0.1, -0.05) is 77.6 Å². The van der Waals surface area contributed by atoms with Crippen LogP contribution in [0.2, 0.25) is 0 Å². The van der Waals surface area contributed by atoms with Crippen molar-refractivity contribution in [1.29, 1.82) is 0 Å². The third-order valence-electron chi connectivity index (χ3n) is 9.27. The summed E-state index contributed by atoms with van der Waals surface area (Å²) in [5.41, 5.74) is 3.60. The number of hydrogen-bond acceptors (Lipinski definition) is 8. The van der Waals surface area contributed by atoms with Crippen molar-refractivity contribution in [2.24, 2.45) is 0 Å². The second-order valence-electron chi connectivity index (χ2n) is 13.5. The van der Waals surface area contributed by atoms with Crippen molar-refractivity contribution < 1.29 is 33.2 Å². The van der Waals surface area contributed by atoms with Gasteiger partial charge in [0.1, 0.15) is 42.9 Å². The molecule has 8 nitrogen and oxygen atoms in total. The zero-order valence-electron chi connectivity index (χ0n) is 31.3. The summed E-state index contributed by atoms with van der Waals surface area (Å²) in [6.07, 6.45) is 8.11. The van der Waals surface area contributed by atoms with E-state index in [1.54, 1.807) is 0 Å². The summed E-state index contributed by atoms with van der Waals surface area (Å²) in [6, 6.07) is 15.2. The predicted molar refractivity (Wildman–Crippen MR) is 201 cm³/mol. The fourth-order valence-electron chi connectivity index (χ4n) is 6.51. The van der Waals surface area contributed by atoms with Gasteiger partial charge in [-0.05, 0) is 67.9 Å². The van der Waals surface area contributed by atoms with Crippen LogP contribution in [0.1, 0.15) is 109 Å². The molecule has 2 aliphatic rings. The van der Waals surface area contributed by atoms with E-state index >= 15 is 0 Å². The molecule has 4 rings (SSSR count). The molecule has 2 aromatic rings. The number of hydrogen-bond donors (Lipinski definition) is 1. The van der Waals surface area contributed by atoms with Crippen molar-refractivity contribution >= 4 is 17.7 Å². The Hall–Kier alpha value is -2.14. The molecule has 1 fully saturated rings. The Labute approximate surface area is 306 Å². The molecule has 2 heterocycles. The number of thioether (sulfide) groups is 1. The molecule has 1 amide bonds. The molecule has 0 aliphatic carbocycles. The maximum Gasteiger partial charge on any atom is 0.216 e. The minimum atomic E-state index is -0.464. The van der Waals surface area contributed by atoms with E-state index in [0.717, 1.165) is 75.5 Å². The second kappa shape index (κ2) is 22.7. The van der Waals surface area contributed by atoms with Gasteiger partial charge in [-0.15, -0.1) is 11.8 Å². The molecule has 2 aliphatic heterocycles. The average molecular weight is 714 g/mol. The number of unbranched alkanes of at least 4 members (excludes halogenated alkanes) is 4. The molecular formula is C41H63NO7S. The summed E-state index contributed by atoms with van der Waals surface area (Å²) < 4.78 is 40.0. The molecule has 0 aromatic heterocycles. The lowest BCUT2D eigenvalue weighted by atomic mass is 9.88. The zero-order chi connectivity index (χ0) is 35.6. The first-order valence-electron chi connectivity index (χ1n) is 19.3. The van der Waals surface area contributed by atoms with Gasteiger partial charge < -0.3 is 33.7 Å². The Morgan fingerprint density at radius 3 is 2.16 bits per heavy atom. The molecule has 0 spiro atoms. The van der Waals surface area contributed by atoms with E-state index in [9.17, 15) is 4.79 Å². The molecule has 6 atom stereocenters. The largest absolute Gasteiger partial charge is 0.491 e. The van der Waals surface area contributed by atoms with E-state index in [0.29, 0.717) is 51.4 Å². The van der Waals surface area contributed by atoms with Crippen LogP contribution in [0.5, 0.6) is 5.75 Å². The molecule has 0 radical (unpaired) electrons. The number of benzene rings is 2. The SMILES string of the molecule is CCCCOC[C@H]1OC(c2cc(CC3Cc4ccccc4S3)ccc2OCCNC(C)=O)[C@H](OCCCC)C(OCCCC)[C@@H]1OCCCC. The Morgan fingerprint density at radius 1 is 0.820 bits per heavy atom. The third kappa shape index (κ3) is 12.5. The lowest BCUT2D eigenvalue weighted by Crippen LogP contribution is -2.58. The highest BCUT2D eigenvalue weighted by Crippen LogP contribution is 2.43. The van der Waals surface area contributed by atoms with Crippen molar-refractivity contribution in [3.05, 3.63) is 59.2 Å². The third-order valence-corrected chi connectivity index (χ3v) is 10.6. The van der Waals surface area contributed by atoms with Crippen molar-refractivity contribution in [2.45, 2.75) is 139 Å². The van der Waals surface area contributed by atoms with Gasteiger partial charge in [0.05, 0.1) is 13.2 Å². The molecule has 9 heteroatoms. The highest BCUT2D eigenvalue weighted by atomic mass is 32.2. The predicted octanol–water partition coefficient (Wildman–Crippen LogP) is 8.27. The first kappa shape index (κ1) is 40.6. The summed E-state index contributed by atoms with van der Waals surface area (Å²) in [6.45, 7) is 13.9. The van der Waals surface area contributed by atoms with Gasteiger partial charge in [0, 0.05) is 49.1 Å². The molecule has 1 N–H and O–H groups in total. The minimum absolute atomic E-state index is 0.0775. The van der Waals surface area contributed by atoms with Crippen LogP contribution in [0.3, 0.4) is 0 Å². The van der Waals surface area contributed by atoms with Gasteiger partial charge in [0.15, 0.2) is 0 Å². The fraction of sp³-hybridized carbons (Fsp3) is 0.683. The molecule has 0 bridgehead atoms. The molecule has 50 heavy (non-hydrogen) atoms. The van der Waals surface area contributed by atoms with E-state index in [4.69, 9.17) is 28.4 Å². The van der Waals surface area contributed by atoms with Crippen LogP contribution in [0.25, 0.3) is 0 Å². The monoisotopic (exact) mass is 713 g/mol. The van der Waals surface area contributed by atoms with Crippen molar-refractivity contribution in [3.8, 4) is 5.75 Å². The summed E-state index contributed by atoms with van der Waals surface area (Å²) in [5.74, 6) is 0.658. The van der Waals surface area contributed by atoms with Crippen LogP contribution >= 0.6 is 11.8 Å². The van der Waals surface area contributed by atoms with Crippen LogP contribution in [-0.2, 0) is 41.3 Å². The molecular weight excluding hydrogens is 651 g/mol. The molecule has 1 saturated heterocycles. The van der Waals surface area contributed by atoms with Gasteiger partial charge in [-0.25, -0.2) is 0 Å². The molecule has 3 unspecified atom stereocenters. The molecule has 2 aromatic carbocycles. The van der Waals surface area contributed by atoms with Crippen molar-refractivity contribution in [3.63, 3.8) is 0 Å². The Balaban J connectivity index is 1.71. The van der Waals surface area contributed by atoms with Crippen molar-refractivity contribution in [2.75, 3.05) is 46.2 Å². The Bertz CT molecular complexity index is 1240. The maximum atomic E-state index is 11.6. The normalized spacial score (nSPS) is 23.1. The van der Waals surface area contributed by atoms with Gasteiger partial charge in [-0.3, -0.25) is 4.79 Å². The summed E-state index contributed by atoms with van der Waals surface area (Å²) in [5, 5.41) is 3.31. The van der Waals surface area contributed by atoms with Crippen LogP contribution in [0.15, 0.2) is 47.4 Å². The smallest absolute Gasteiger partial charge is 0.216 e. The highest BCUT2D eigenvalue weighted by molar-refractivity contribution is 8.00. The van der Waals surface area contributed by atoms with E-state index in [2.05, 4.69) is 75.5 Å². The Morgan fingerprint density at radius 2 is 1.48 bits per heavy atom. The fourth-order valence-corrected chi connectivity index (χ4v) is 7.86. The lowest BCUT2D eigenvalue weighted by molar-refractivity contribution is -0.268. The minimum Gasteiger partial charge on any atom is -0.491 e. The van der Waals surface area contributed by atoms with E-state index < -0.39 is 12.2 Å². The van der Waals surface area contributed by atoms with E-state index in [1.165, 1.54) is 22.9 Å². The summed E-state index contributed by atoms with van der Waals surface area (Å²) in [7, 11) is 0. The quantitative estimate of drug-likeness (QED) is 0.109. The average Bonchev–Trinajstić information content (AvgIpc) is 3.53. The van der Waals surface area contributed by atoms with Crippen LogP contribution in [0, 0.1) is 0 Å². The first-order chi connectivity index (χ1) is 24.5. The first-order valence-corrected chi connectivity index (χ1v) is 20.2. The number of carbonyl (C=O) groups is 1. The number of nitrogens with one attached hydrogen (secondary N) is 1. The van der Waals surface area contributed by atoms with Gasteiger partial charge in [0.2, 0.25) is 5.91 Å². The zero-order valence-corrected chi connectivity index (χ0v) is 32.1.